The first kappa shape index (κ1) is 13.9. The third kappa shape index (κ3) is 4.91. The zero-order valence-electron chi connectivity index (χ0n) is 11.5. The lowest BCUT2D eigenvalue weighted by atomic mass is 10.1. The van der Waals surface area contributed by atoms with Gasteiger partial charge in [-0.25, -0.2) is 4.79 Å². The van der Waals surface area contributed by atoms with Gasteiger partial charge in [-0.1, -0.05) is 36.2 Å². The van der Waals surface area contributed by atoms with Crippen molar-refractivity contribution in [2.24, 2.45) is 0 Å². The third-order valence-electron chi connectivity index (χ3n) is 3.42. The van der Waals surface area contributed by atoms with Gasteiger partial charge in [-0.2, -0.15) is 0 Å². The number of carbonyl (C=O) groups is 1. The van der Waals surface area contributed by atoms with E-state index in [0.29, 0.717) is 6.54 Å². The fourth-order valence-corrected chi connectivity index (χ4v) is 2.38. The molecule has 4 heteroatoms. The highest BCUT2D eigenvalue weighted by molar-refractivity contribution is 5.74. The number of hydrogen-bond acceptors (Lipinski definition) is 2. The van der Waals surface area contributed by atoms with Crippen molar-refractivity contribution in [1.82, 2.24) is 16.0 Å². The monoisotopic (exact) mass is 261 g/mol. The molecule has 0 radical (unpaired) electrons. The lowest BCUT2D eigenvalue weighted by molar-refractivity contribution is 0.236. The second kappa shape index (κ2) is 7.14. The molecule has 1 aromatic carbocycles. The quantitative estimate of drug-likeness (QED) is 0.779. The topological polar surface area (TPSA) is 53.2 Å². The molecule has 0 spiro atoms. The van der Waals surface area contributed by atoms with Gasteiger partial charge in [0.15, 0.2) is 0 Å². The number of aryl methyl sites for hydroxylation is 1. The molecule has 2 rings (SSSR count). The third-order valence-corrected chi connectivity index (χ3v) is 3.42. The summed E-state index contributed by atoms with van der Waals surface area (Å²) in [4.78, 5) is 11.8. The number of nitrogens with one attached hydrogen (secondary N) is 3. The van der Waals surface area contributed by atoms with Crippen molar-refractivity contribution in [3.05, 3.63) is 35.4 Å². The van der Waals surface area contributed by atoms with E-state index in [1.54, 1.807) is 0 Å². The number of benzene rings is 1. The summed E-state index contributed by atoms with van der Waals surface area (Å²) < 4.78 is 0. The molecule has 1 saturated heterocycles. The molecule has 1 aliphatic heterocycles. The number of urea groups is 1. The zero-order chi connectivity index (χ0) is 13.5. The molecular formula is C15H23N3O. The smallest absolute Gasteiger partial charge is 0.315 e. The van der Waals surface area contributed by atoms with E-state index in [-0.39, 0.29) is 12.1 Å². The van der Waals surface area contributed by atoms with Gasteiger partial charge in [0.25, 0.3) is 0 Å². The van der Waals surface area contributed by atoms with E-state index in [2.05, 4.69) is 35.0 Å². The molecule has 3 N–H and O–H groups in total. The Labute approximate surface area is 115 Å². The average molecular weight is 261 g/mol. The Balaban J connectivity index is 1.74. The molecule has 0 aromatic heterocycles. The Bertz CT molecular complexity index is 412. The van der Waals surface area contributed by atoms with Crippen molar-refractivity contribution in [1.29, 1.82) is 0 Å². The summed E-state index contributed by atoms with van der Waals surface area (Å²) in [7, 11) is 0. The molecule has 0 bridgehead atoms. The van der Waals surface area contributed by atoms with Gasteiger partial charge < -0.3 is 16.0 Å². The van der Waals surface area contributed by atoms with Crippen LogP contribution in [-0.4, -0.2) is 25.2 Å². The van der Waals surface area contributed by atoms with Crippen LogP contribution in [0.15, 0.2) is 24.3 Å². The Morgan fingerprint density at radius 3 is 3.16 bits per heavy atom. The van der Waals surface area contributed by atoms with Crippen LogP contribution in [-0.2, 0) is 6.54 Å². The van der Waals surface area contributed by atoms with Gasteiger partial charge in [-0.15, -0.1) is 0 Å². The second-order valence-corrected chi connectivity index (χ2v) is 5.21. The highest BCUT2D eigenvalue weighted by Gasteiger charge is 2.13. The van der Waals surface area contributed by atoms with Crippen molar-refractivity contribution < 1.29 is 4.79 Å². The molecule has 4 nitrogen and oxygen atoms in total. The lowest BCUT2D eigenvalue weighted by Crippen LogP contribution is -2.45. The molecule has 1 atom stereocenters. The van der Waals surface area contributed by atoms with E-state index < -0.39 is 0 Å². The number of hydrogen-bond donors (Lipinski definition) is 3. The highest BCUT2D eigenvalue weighted by atomic mass is 16.2. The molecule has 19 heavy (non-hydrogen) atoms. The predicted molar refractivity (Wildman–Crippen MR) is 77.1 cm³/mol. The first-order chi connectivity index (χ1) is 9.24. The van der Waals surface area contributed by atoms with Gasteiger partial charge in [0.05, 0.1) is 0 Å². The molecule has 1 aliphatic rings. The summed E-state index contributed by atoms with van der Waals surface area (Å²) in [5.41, 5.74) is 2.35. The van der Waals surface area contributed by atoms with Crippen LogP contribution in [0.2, 0.25) is 0 Å². The van der Waals surface area contributed by atoms with E-state index in [9.17, 15) is 4.79 Å². The van der Waals surface area contributed by atoms with Gasteiger partial charge in [0.1, 0.15) is 0 Å². The van der Waals surface area contributed by atoms with Crippen LogP contribution in [0, 0.1) is 6.92 Å². The molecule has 1 unspecified atom stereocenters. The SMILES string of the molecule is Cc1cccc(CNC(=O)NC2CCCCNC2)c1. The van der Waals surface area contributed by atoms with Crippen LogP contribution >= 0.6 is 0 Å². The number of rotatable bonds is 3. The van der Waals surface area contributed by atoms with Gasteiger partial charge in [0, 0.05) is 19.1 Å². The van der Waals surface area contributed by atoms with Crippen LogP contribution in [0.3, 0.4) is 0 Å². The minimum atomic E-state index is -0.0739. The standard InChI is InChI=1S/C15H23N3O/c1-12-5-4-6-13(9-12)10-17-15(19)18-14-7-2-3-8-16-11-14/h4-6,9,14,16H,2-3,7-8,10-11H2,1H3,(H2,17,18,19). The van der Waals surface area contributed by atoms with E-state index in [1.165, 1.54) is 18.4 Å². The van der Waals surface area contributed by atoms with Gasteiger partial charge in [-0.3, -0.25) is 0 Å². The fraction of sp³-hybridized carbons (Fsp3) is 0.533. The van der Waals surface area contributed by atoms with E-state index in [0.717, 1.165) is 25.1 Å². The normalized spacial score (nSPS) is 19.5. The zero-order valence-corrected chi connectivity index (χ0v) is 11.5. The minimum absolute atomic E-state index is 0.0739. The lowest BCUT2D eigenvalue weighted by Gasteiger charge is -2.17. The summed E-state index contributed by atoms with van der Waals surface area (Å²) in [5, 5.41) is 9.29. The molecule has 1 heterocycles. The summed E-state index contributed by atoms with van der Waals surface area (Å²) in [6, 6.07) is 8.36. The maximum absolute atomic E-state index is 11.8. The van der Waals surface area contributed by atoms with Gasteiger partial charge in [-0.05, 0) is 31.9 Å². The molecule has 0 saturated carbocycles. The van der Waals surface area contributed by atoms with Gasteiger partial charge >= 0.3 is 6.03 Å². The molecule has 2 amide bonds. The Kier molecular flexibility index (Phi) is 5.21. The summed E-state index contributed by atoms with van der Waals surface area (Å²) in [6.07, 6.45) is 3.43. The molecular weight excluding hydrogens is 238 g/mol. The molecule has 1 aromatic rings. The molecule has 104 valence electrons. The Morgan fingerprint density at radius 1 is 1.42 bits per heavy atom. The van der Waals surface area contributed by atoms with Crippen LogP contribution < -0.4 is 16.0 Å². The van der Waals surface area contributed by atoms with Crippen molar-refractivity contribution >= 4 is 6.03 Å². The van der Waals surface area contributed by atoms with E-state index >= 15 is 0 Å². The fourth-order valence-electron chi connectivity index (χ4n) is 2.38. The van der Waals surface area contributed by atoms with E-state index in [1.807, 2.05) is 12.1 Å². The summed E-state index contributed by atoms with van der Waals surface area (Å²) in [6.45, 7) is 4.56. The summed E-state index contributed by atoms with van der Waals surface area (Å²) >= 11 is 0. The molecule has 0 aliphatic carbocycles. The van der Waals surface area contributed by atoms with Crippen molar-refractivity contribution in [3.63, 3.8) is 0 Å². The highest BCUT2D eigenvalue weighted by Crippen LogP contribution is 2.05. The van der Waals surface area contributed by atoms with E-state index in [4.69, 9.17) is 0 Å². The van der Waals surface area contributed by atoms with Gasteiger partial charge in [0.2, 0.25) is 0 Å². The predicted octanol–water partition coefficient (Wildman–Crippen LogP) is 1.94. The largest absolute Gasteiger partial charge is 0.334 e. The Hall–Kier alpha value is -1.55. The first-order valence-corrected chi connectivity index (χ1v) is 7.04. The van der Waals surface area contributed by atoms with Crippen molar-refractivity contribution in [2.45, 2.75) is 38.8 Å². The van der Waals surface area contributed by atoms with Crippen LogP contribution in [0.1, 0.15) is 30.4 Å². The van der Waals surface area contributed by atoms with Crippen molar-refractivity contribution in [3.8, 4) is 0 Å². The van der Waals surface area contributed by atoms with Crippen molar-refractivity contribution in [2.75, 3.05) is 13.1 Å². The van der Waals surface area contributed by atoms with Crippen LogP contribution in [0.4, 0.5) is 4.79 Å². The summed E-state index contributed by atoms with van der Waals surface area (Å²) in [5.74, 6) is 0. The second-order valence-electron chi connectivity index (χ2n) is 5.21. The van der Waals surface area contributed by atoms with Crippen LogP contribution in [0.25, 0.3) is 0 Å². The average Bonchev–Trinajstić information content (AvgIpc) is 2.65. The van der Waals surface area contributed by atoms with Crippen LogP contribution in [0.5, 0.6) is 0 Å². The number of carbonyl (C=O) groups excluding carboxylic acids is 1. The Morgan fingerprint density at radius 2 is 2.32 bits per heavy atom. The maximum Gasteiger partial charge on any atom is 0.315 e. The number of amides is 2. The minimum Gasteiger partial charge on any atom is -0.334 e. The first-order valence-electron chi connectivity index (χ1n) is 7.04. The molecule has 1 fully saturated rings. The maximum atomic E-state index is 11.8.